The van der Waals surface area contributed by atoms with Crippen molar-refractivity contribution in [2.75, 3.05) is 16.3 Å². The maximum Gasteiger partial charge on any atom is 0.267 e. The predicted molar refractivity (Wildman–Crippen MR) is 117 cm³/mol. The van der Waals surface area contributed by atoms with Crippen molar-refractivity contribution in [2.24, 2.45) is 5.73 Å². The molecule has 0 radical (unpaired) electrons. The minimum absolute atomic E-state index is 0.00307. The molecule has 3 rings (SSSR count). The highest BCUT2D eigenvalue weighted by Crippen LogP contribution is 2.31. The van der Waals surface area contributed by atoms with E-state index in [2.05, 4.69) is 15.2 Å². The fourth-order valence-electron chi connectivity index (χ4n) is 2.56. The lowest BCUT2D eigenvalue weighted by Crippen LogP contribution is -2.19. The van der Waals surface area contributed by atoms with Crippen LogP contribution in [0.5, 0.6) is 0 Å². The second kappa shape index (κ2) is 8.59. The smallest absolute Gasteiger partial charge is 0.267 e. The third-order valence-electron chi connectivity index (χ3n) is 4.07. The number of hydrogen-bond acceptors (Lipinski definition) is 9. The SMILES string of the molecule is Cc1noc(NS(=O)(=O)c2ccsc2C(=O)Nc2ccc(CN)cc2S(C)(=O)=O)c1Cl. The maximum absolute atomic E-state index is 12.8. The van der Waals surface area contributed by atoms with E-state index in [4.69, 9.17) is 21.9 Å². The van der Waals surface area contributed by atoms with E-state index in [0.717, 1.165) is 17.6 Å². The summed E-state index contributed by atoms with van der Waals surface area (Å²) in [6.45, 7) is 1.64. The van der Waals surface area contributed by atoms with Crippen LogP contribution in [0.3, 0.4) is 0 Å². The Morgan fingerprint density at radius 2 is 1.94 bits per heavy atom. The second-order valence-corrected chi connectivity index (χ2v) is 11.3. The molecule has 4 N–H and O–H groups in total. The van der Waals surface area contributed by atoms with Crippen molar-refractivity contribution < 1.29 is 26.2 Å². The van der Waals surface area contributed by atoms with Crippen molar-refractivity contribution in [1.29, 1.82) is 0 Å². The standard InChI is InChI=1S/C17H17ClN4O6S3/c1-9-14(18)17(28-21-9)22-31(26,27)12-5-6-29-15(12)16(23)20-11-4-3-10(8-19)7-13(11)30(2,24)25/h3-7,22H,8,19H2,1-2H3,(H,20,23). The van der Waals surface area contributed by atoms with E-state index < -0.39 is 25.8 Å². The molecule has 0 bridgehead atoms. The van der Waals surface area contributed by atoms with Crippen LogP contribution in [0.2, 0.25) is 5.02 Å². The van der Waals surface area contributed by atoms with Gasteiger partial charge in [-0.05, 0) is 36.1 Å². The van der Waals surface area contributed by atoms with Gasteiger partial charge < -0.3 is 15.6 Å². The maximum atomic E-state index is 12.8. The molecule has 1 aromatic carbocycles. The molecule has 0 fully saturated rings. The molecule has 0 atom stereocenters. The van der Waals surface area contributed by atoms with Gasteiger partial charge in [0.25, 0.3) is 21.8 Å². The van der Waals surface area contributed by atoms with Gasteiger partial charge in [-0.25, -0.2) is 21.6 Å². The number of halogens is 1. The lowest BCUT2D eigenvalue weighted by molar-refractivity contribution is 0.102. The molecule has 0 aliphatic rings. The summed E-state index contributed by atoms with van der Waals surface area (Å²) in [5, 5.41) is 7.42. The number of anilines is 2. The number of amides is 1. The minimum Gasteiger partial charge on any atom is -0.336 e. The highest BCUT2D eigenvalue weighted by molar-refractivity contribution is 7.93. The van der Waals surface area contributed by atoms with Gasteiger partial charge in [0.15, 0.2) is 9.84 Å². The molecule has 0 saturated carbocycles. The van der Waals surface area contributed by atoms with Crippen molar-refractivity contribution in [3.8, 4) is 0 Å². The van der Waals surface area contributed by atoms with Crippen LogP contribution in [0.1, 0.15) is 20.9 Å². The summed E-state index contributed by atoms with van der Waals surface area (Å²) in [5.74, 6) is -1.09. The highest BCUT2D eigenvalue weighted by atomic mass is 35.5. The first-order valence-corrected chi connectivity index (χ1v) is 13.1. The molecule has 0 saturated heterocycles. The summed E-state index contributed by atoms with van der Waals surface area (Å²) in [4.78, 5) is 12.2. The third kappa shape index (κ3) is 4.91. The molecular formula is C17H17ClN4O6S3. The fourth-order valence-corrected chi connectivity index (χ4v) is 5.93. The number of aromatic nitrogens is 1. The topological polar surface area (TPSA) is 161 Å². The Bertz CT molecular complexity index is 1360. The number of rotatable bonds is 7. The summed E-state index contributed by atoms with van der Waals surface area (Å²) < 4.78 is 56.8. The van der Waals surface area contributed by atoms with Crippen molar-refractivity contribution in [1.82, 2.24) is 5.16 Å². The van der Waals surface area contributed by atoms with Gasteiger partial charge in [0.2, 0.25) is 0 Å². The summed E-state index contributed by atoms with van der Waals surface area (Å²) >= 11 is 6.81. The van der Waals surface area contributed by atoms with E-state index in [-0.39, 0.29) is 43.5 Å². The molecule has 0 aliphatic heterocycles. The first kappa shape index (κ1) is 23.2. The number of sulfone groups is 1. The van der Waals surface area contributed by atoms with Gasteiger partial charge in [-0.1, -0.05) is 22.8 Å². The molecule has 166 valence electrons. The number of carbonyl (C=O) groups is 1. The Labute approximate surface area is 187 Å². The minimum atomic E-state index is -4.25. The number of nitrogens with two attached hydrogens (primary N) is 1. The van der Waals surface area contributed by atoms with E-state index in [0.29, 0.717) is 5.56 Å². The molecule has 3 aromatic rings. The summed E-state index contributed by atoms with van der Waals surface area (Å²) in [6, 6.07) is 5.54. The normalized spacial score (nSPS) is 12.0. The van der Waals surface area contributed by atoms with E-state index in [1.807, 2.05) is 0 Å². The van der Waals surface area contributed by atoms with Gasteiger partial charge in [-0.2, -0.15) is 0 Å². The molecular weight excluding hydrogens is 488 g/mol. The van der Waals surface area contributed by atoms with E-state index >= 15 is 0 Å². The zero-order valence-corrected chi connectivity index (χ0v) is 19.4. The van der Waals surface area contributed by atoms with Gasteiger partial charge in [0.1, 0.15) is 20.5 Å². The van der Waals surface area contributed by atoms with Crippen molar-refractivity contribution >= 4 is 60.3 Å². The van der Waals surface area contributed by atoms with Crippen molar-refractivity contribution in [2.45, 2.75) is 23.3 Å². The third-order valence-corrected chi connectivity index (χ3v) is 8.07. The first-order valence-electron chi connectivity index (χ1n) is 8.50. The zero-order valence-electron chi connectivity index (χ0n) is 16.2. The van der Waals surface area contributed by atoms with Crippen LogP contribution in [0.4, 0.5) is 11.6 Å². The lowest BCUT2D eigenvalue weighted by atomic mass is 10.2. The Morgan fingerprint density at radius 1 is 1.23 bits per heavy atom. The number of carbonyl (C=O) groups excluding carboxylic acids is 1. The molecule has 0 unspecified atom stereocenters. The molecule has 14 heteroatoms. The van der Waals surface area contributed by atoms with E-state index in [1.54, 1.807) is 6.07 Å². The molecule has 10 nitrogen and oxygen atoms in total. The Hall–Kier alpha value is -2.45. The van der Waals surface area contributed by atoms with Crippen LogP contribution in [-0.4, -0.2) is 34.2 Å². The van der Waals surface area contributed by atoms with Crippen LogP contribution in [0.25, 0.3) is 0 Å². The molecule has 0 spiro atoms. The van der Waals surface area contributed by atoms with Crippen LogP contribution in [0, 0.1) is 6.92 Å². The first-order chi connectivity index (χ1) is 14.4. The number of nitrogens with one attached hydrogen (secondary N) is 2. The Kier molecular flexibility index (Phi) is 6.43. The number of hydrogen-bond donors (Lipinski definition) is 3. The van der Waals surface area contributed by atoms with Gasteiger partial charge in [0, 0.05) is 12.8 Å². The van der Waals surface area contributed by atoms with Gasteiger partial charge in [-0.15, -0.1) is 11.3 Å². The quantitative estimate of drug-likeness (QED) is 0.442. The van der Waals surface area contributed by atoms with Crippen LogP contribution in [-0.2, 0) is 26.4 Å². The molecule has 2 aromatic heterocycles. The summed E-state index contributed by atoms with van der Waals surface area (Å²) in [7, 11) is -7.94. The molecule has 31 heavy (non-hydrogen) atoms. The molecule has 0 aliphatic carbocycles. The summed E-state index contributed by atoms with van der Waals surface area (Å²) in [5.41, 5.74) is 6.41. The lowest BCUT2D eigenvalue weighted by Gasteiger charge is -2.12. The van der Waals surface area contributed by atoms with Gasteiger partial charge in [-0.3, -0.25) is 4.79 Å². The van der Waals surface area contributed by atoms with Gasteiger partial charge >= 0.3 is 0 Å². The summed E-state index contributed by atoms with van der Waals surface area (Å²) in [6.07, 6.45) is 0.992. The number of nitrogens with zero attached hydrogens (tertiary/aromatic N) is 1. The predicted octanol–water partition coefficient (Wildman–Crippen LogP) is 2.61. The van der Waals surface area contributed by atoms with Crippen molar-refractivity contribution in [3.63, 3.8) is 0 Å². The van der Waals surface area contributed by atoms with E-state index in [1.165, 1.54) is 30.5 Å². The molecule has 1 amide bonds. The number of benzene rings is 1. The average Bonchev–Trinajstić information content (AvgIpc) is 3.31. The molecule has 2 heterocycles. The highest BCUT2D eigenvalue weighted by Gasteiger charge is 2.27. The van der Waals surface area contributed by atoms with Gasteiger partial charge in [0.05, 0.1) is 10.6 Å². The second-order valence-electron chi connectivity index (χ2n) is 6.39. The van der Waals surface area contributed by atoms with Crippen LogP contribution >= 0.6 is 22.9 Å². The van der Waals surface area contributed by atoms with E-state index in [9.17, 15) is 21.6 Å². The zero-order chi connectivity index (χ0) is 23.0. The number of thiophene rings is 1. The van der Waals surface area contributed by atoms with Crippen molar-refractivity contribution in [3.05, 3.63) is 50.8 Å². The van der Waals surface area contributed by atoms with Crippen LogP contribution < -0.4 is 15.8 Å². The number of sulfonamides is 1. The fraction of sp³-hybridized carbons (Fsp3) is 0.176. The monoisotopic (exact) mass is 504 g/mol. The largest absolute Gasteiger partial charge is 0.336 e. The average molecular weight is 505 g/mol. The van der Waals surface area contributed by atoms with Crippen LogP contribution in [0.15, 0.2) is 44.0 Å². The number of aryl methyl sites for hydroxylation is 1. The Balaban J connectivity index is 1.94. The Morgan fingerprint density at radius 3 is 2.52 bits per heavy atom.